The first-order valence-corrected chi connectivity index (χ1v) is 6.19. The van der Waals surface area contributed by atoms with Crippen molar-refractivity contribution >= 4 is 35.7 Å². The van der Waals surface area contributed by atoms with Crippen LogP contribution in [0, 0.1) is 0 Å². The standard InChI is InChI=1S/C13H17N3O2.2ClH/c1-8(14)6-16-13-9(5-15-16)2-3-12-11(13)4-10(7-17)18-12;;/h2-3,5,8,10,17H,4,6-7,14H2,1H3;2*1H/t8-,10?;;/m0../s1. The summed E-state index contributed by atoms with van der Waals surface area (Å²) < 4.78 is 7.60. The highest BCUT2D eigenvalue weighted by Crippen LogP contribution is 2.34. The monoisotopic (exact) mass is 319 g/mol. The van der Waals surface area contributed by atoms with E-state index in [4.69, 9.17) is 10.5 Å². The molecule has 0 spiro atoms. The van der Waals surface area contributed by atoms with Crippen molar-refractivity contribution in [2.24, 2.45) is 5.73 Å². The van der Waals surface area contributed by atoms with Gasteiger partial charge >= 0.3 is 0 Å². The molecule has 3 rings (SSSR count). The predicted molar refractivity (Wildman–Crippen MR) is 83.1 cm³/mol. The molecule has 3 N–H and O–H groups in total. The van der Waals surface area contributed by atoms with E-state index in [-0.39, 0.29) is 43.6 Å². The summed E-state index contributed by atoms with van der Waals surface area (Å²) in [6.07, 6.45) is 2.45. The van der Waals surface area contributed by atoms with Crippen LogP contribution < -0.4 is 10.5 Å². The zero-order chi connectivity index (χ0) is 12.7. The Bertz CT molecular complexity index is 586. The quantitative estimate of drug-likeness (QED) is 0.899. The van der Waals surface area contributed by atoms with Gasteiger partial charge in [-0.25, -0.2) is 0 Å². The van der Waals surface area contributed by atoms with Crippen molar-refractivity contribution in [3.8, 4) is 5.75 Å². The summed E-state index contributed by atoms with van der Waals surface area (Å²) in [4.78, 5) is 0. The van der Waals surface area contributed by atoms with Crippen LogP contribution in [0.3, 0.4) is 0 Å². The van der Waals surface area contributed by atoms with Gasteiger partial charge in [-0.2, -0.15) is 5.10 Å². The number of halogens is 2. The molecule has 2 aromatic rings. The van der Waals surface area contributed by atoms with E-state index < -0.39 is 0 Å². The molecular formula is C13H19Cl2N3O2. The second-order valence-electron chi connectivity index (χ2n) is 4.91. The molecule has 1 aliphatic rings. The van der Waals surface area contributed by atoms with Crippen molar-refractivity contribution in [3.05, 3.63) is 23.9 Å². The Morgan fingerprint density at radius 1 is 1.50 bits per heavy atom. The molecule has 112 valence electrons. The number of hydrogen-bond donors (Lipinski definition) is 2. The number of fused-ring (bicyclic) bond motifs is 3. The van der Waals surface area contributed by atoms with Gasteiger partial charge in [0.2, 0.25) is 0 Å². The minimum absolute atomic E-state index is 0. The second-order valence-corrected chi connectivity index (χ2v) is 4.91. The van der Waals surface area contributed by atoms with Gasteiger partial charge in [0, 0.05) is 23.4 Å². The summed E-state index contributed by atoms with van der Waals surface area (Å²) in [6, 6.07) is 4.00. The van der Waals surface area contributed by atoms with E-state index in [9.17, 15) is 5.11 Å². The Hall–Kier alpha value is -1.01. The maximum atomic E-state index is 9.21. The smallest absolute Gasteiger partial charge is 0.126 e. The lowest BCUT2D eigenvalue weighted by atomic mass is 10.1. The van der Waals surface area contributed by atoms with E-state index in [0.29, 0.717) is 6.54 Å². The highest BCUT2D eigenvalue weighted by Gasteiger charge is 2.26. The minimum atomic E-state index is -0.135. The molecule has 5 nitrogen and oxygen atoms in total. The third-order valence-corrected chi connectivity index (χ3v) is 3.26. The Kier molecular flexibility index (Phi) is 5.65. The van der Waals surface area contributed by atoms with Gasteiger partial charge in [0.25, 0.3) is 0 Å². The average Bonchev–Trinajstić information content (AvgIpc) is 2.91. The van der Waals surface area contributed by atoms with E-state index in [1.54, 1.807) is 0 Å². The van der Waals surface area contributed by atoms with Crippen LogP contribution in [-0.4, -0.2) is 33.6 Å². The highest BCUT2D eigenvalue weighted by atomic mass is 35.5. The first-order valence-electron chi connectivity index (χ1n) is 6.19. The van der Waals surface area contributed by atoms with Gasteiger partial charge in [-0.3, -0.25) is 4.68 Å². The number of hydrogen-bond acceptors (Lipinski definition) is 4. The molecule has 0 radical (unpaired) electrons. The van der Waals surface area contributed by atoms with Crippen molar-refractivity contribution < 1.29 is 9.84 Å². The van der Waals surface area contributed by atoms with Crippen LogP contribution in [0.4, 0.5) is 0 Å². The largest absolute Gasteiger partial charge is 0.487 e. The van der Waals surface area contributed by atoms with E-state index in [1.807, 2.05) is 29.9 Å². The number of nitrogens with zero attached hydrogens (tertiary/aromatic N) is 2. The van der Waals surface area contributed by atoms with Gasteiger partial charge < -0.3 is 15.6 Å². The van der Waals surface area contributed by atoms with Crippen molar-refractivity contribution in [1.82, 2.24) is 9.78 Å². The molecule has 1 aromatic heterocycles. The van der Waals surface area contributed by atoms with Gasteiger partial charge in [-0.15, -0.1) is 24.8 Å². The summed E-state index contributed by atoms with van der Waals surface area (Å²) in [5, 5.41) is 14.7. The third-order valence-electron chi connectivity index (χ3n) is 3.26. The number of benzene rings is 1. The van der Waals surface area contributed by atoms with Gasteiger partial charge in [-0.1, -0.05) is 0 Å². The van der Waals surface area contributed by atoms with Gasteiger partial charge in [0.1, 0.15) is 11.9 Å². The lowest BCUT2D eigenvalue weighted by Gasteiger charge is -2.08. The van der Waals surface area contributed by atoms with Crippen LogP contribution >= 0.6 is 24.8 Å². The topological polar surface area (TPSA) is 73.3 Å². The van der Waals surface area contributed by atoms with Crippen LogP contribution in [0.5, 0.6) is 5.75 Å². The molecule has 0 fully saturated rings. The number of rotatable bonds is 3. The summed E-state index contributed by atoms with van der Waals surface area (Å²) in [5.74, 6) is 0.855. The molecule has 2 atom stereocenters. The van der Waals surface area contributed by atoms with Crippen LogP contribution in [0.1, 0.15) is 12.5 Å². The lowest BCUT2D eigenvalue weighted by Crippen LogP contribution is -2.23. The van der Waals surface area contributed by atoms with Gasteiger partial charge in [-0.05, 0) is 19.1 Å². The zero-order valence-electron chi connectivity index (χ0n) is 11.2. The first kappa shape index (κ1) is 17.0. The molecule has 1 unspecified atom stereocenters. The van der Waals surface area contributed by atoms with Crippen molar-refractivity contribution in [2.45, 2.75) is 32.0 Å². The van der Waals surface area contributed by atoms with Crippen LogP contribution in [-0.2, 0) is 13.0 Å². The molecule has 0 aliphatic carbocycles. The van der Waals surface area contributed by atoms with Crippen molar-refractivity contribution in [1.29, 1.82) is 0 Å². The number of aliphatic hydroxyl groups excluding tert-OH is 1. The SMILES string of the molecule is C[C@H](N)Cn1ncc2ccc3c(c21)CC(CO)O3.Cl.Cl. The lowest BCUT2D eigenvalue weighted by molar-refractivity contribution is 0.134. The molecule has 0 amide bonds. The molecule has 7 heteroatoms. The highest BCUT2D eigenvalue weighted by molar-refractivity contribution is 5.86. The van der Waals surface area contributed by atoms with E-state index in [1.165, 1.54) is 0 Å². The number of aromatic nitrogens is 2. The van der Waals surface area contributed by atoms with Gasteiger partial charge in [0.15, 0.2) is 0 Å². The fraction of sp³-hybridized carbons (Fsp3) is 0.462. The number of nitrogens with two attached hydrogens (primary N) is 1. The molecule has 0 bridgehead atoms. The minimum Gasteiger partial charge on any atom is -0.487 e. The molecule has 0 saturated carbocycles. The summed E-state index contributed by atoms with van der Waals surface area (Å²) in [7, 11) is 0. The summed E-state index contributed by atoms with van der Waals surface area (Å²) >= 11 is 0. The number of ether oxygens (including phenoxy) is 1. The Balaban J connectivity index is 0.000001000. The normalized spacial score (nSPS) is 17.9. The molecular weight excluding hydrogens is 301 g/mol. The molecule has 0 saturated heterocycles. The summed E-state index contributed by atoms with van der Waals surface area (Å²) in [5.41, 5.74) is 8.05. The fourth-order valence-electron chi connectivity index (χ4n) is 2.50. The van der Waals surface area contributed by atoms with Crippen LogP contribution in [0.2, 0.25) is 0 Å². The maximum Gasteiger partial charge on any atom is 0.126 e. The zero-order valence-corrected chi connectivity index (χ0v) is 12.8. The number of aliphatic hydroxyl groups is 1. The molecule has 20 heavy (non-hydrogen) atoms. The Morgan fingerprint density at radius 3 is 2.90 bits per heavy atom. The van der Waals surface area contributed by atoms with E-state index >= 15 is 0 Å². The first-order chi connectivity index (χ1) is 8.69. The maximum absolute atomic E-state index is 9.21. The van der Waals surface area contributed by atoms with Crippen molar-refractivity contribution in [2.75, 3.05) is 6.61 Å². The Labute approximate surface area is 129 Å². The third kappa shape index (κ3) is 2.86. The predicted octanol–water partition coefficient (Wildman–Crippen LogP) is 1.52. The van der Waals surface area contributed by atoms with E-state index in [2.05, 4.69) is 5.10 Å². The van der Waals surface area contributed by atoms with Crippen LogP contribution in [0.25, 0.3) is 10.9 Å². The average molecular weight is 320 g/mol. The van der Waals surface area contributed by atoms with Crippen LogP contribution in [0.15, 0.2) is 18.3 Å². The van der Waals surface area contributed by atoms with E-state index in [0.717, 1.165) is 28.6 Å². The van der Waals surface area contributed by atoms with Crippen molar-refractivity contribution in [3.63, 3.8) is 0 Å². The summed E-state index contributed by atoms with van der Waals surface area (Å²) in [6.45, 7) is 2.69. The fourth-order valence-corrected chi connectivity index (χ4v) is 2.50. The molecule has 2 heterocycles. The second kappa shape index (κ2) is 6.63. The Morgan fingerprint density at radius 2 is 2.25 bits per heavy atom. The molecule has 1 aromatic carbocycles. The van der Waals surface area contributed by atoms with Gasteiger partial charge in [0.05, 0.1) is 24.9 Å². The molecule has 1 aliphatic heterocycles.